The summed E-state index contributed by atoms with van der Waals surface area (Å²) in [7, 11) is 0. The Morgan fingerprint density at radius 2 is 1.91 bits per heavy atom. The van der Waals surface area contributed by atoms with E-state index in [1.165, 1.54) is 16.9 Å². The number of aromatic nitrogens is 5. The molecule has 164 valence electrons. The van der Waals surface area contributed by atoms with Crippen LogP contribution in [0.4, 0.5) is 18.0 Å². The molecule has 8 nitrogen and oxygen atoms in total. The Morgan fingerprint density at radius 3 is 2.56 bits per heavy atom. The molecule has 32 heavy (non-hydrogen) atoms. The lowest BCUT2D eigenvalue weighted by Crippen LogP contribution is -2.25. The summed E-state index contributed by atoms with van der Waals surface area (Å²) < 4.78 is 45.8. The lowest BCUT2D eigenvalue weighted by atomic mass is 10.1. The number of ether oxygens (including phenoxy) is 1. The Kier molecular flexibility index (Phi) is 5.47. The molecule has 1 N–H and O–H groups in total. The third-order valence-corrected chi connectivity index (χ3v) is 4.71. The number of alkyl halides is 3. The van der Waals surface area contributed by atoms with Crippen LogP contribution in [-0.4, -0.2) is 30.7 Å². The summed E-state index contributed by atoms with van der Waals surface area (Å²) in [6.45, 7) is 3.45. The van der Waals surface area contributed by atoms with Gasteiger partial charge in [0.15, 0.2) is 17.4 Å². The molecule has 0 radical (unpaired) electrons. The largest absolute Gasteiger partial charge is 0.432 e. The van der Waals surface area contributed by atoms with E-state index in [1.807, 2.05) is 6.92 Å². The molecule has 0 aliphatic carbocycles. The molecule has 0 fully saturated rings. The van der Waals surface area contributed by atoms with E-state index in [-0.39, 0.29) is 11.6 Å². The van der Waals surface area contributed by atoms with Crippen molar-refractivity contribution in [3.05, 3.63) is 65.9 Å². The van der Waals surface area contributed by atoms with Crippen molar-refractivity contribution in [3.63, 3.8) is 0 Å². The van der Waals surface area contributed by atoms with Crippen molar-refractivity contribution in [1.82, 2.24) is 24.6 Å². The number of halogens is 3. The van der Waals surface area contributed by atoms with Crippen molar-refractivity contribution in [2.75, 3.05) is 5.43 Å². The second-order valence-corrected chi connectivity index (χ2v) is 6.82. The van der Waals surface area contributed by atoms with Crippen LogP contribution < -0.4 is 10.2 Å². The van der Waals surface area contributed by atoms with Gasteiger partial charge < -0.3 is 4.74 Å². The summed E-state index contributed by atoms with van der Waals surface area (Å²) in [5.74, 6) is 0.727. The van der Waals surface area contributed by atoms with E-state index < -0.39 is 17.8 Å². The maximum Gasteiger partial charge on any atom is 0.432 e. The molecule has 4 aromatic rings. The van der Waals surface area contributed by atoms with Crippen LogP contribution in [0.2, 0.25) is 0 Å². The summed E-state index contributed by atoms with van der Waals surface area (Å²) in [6, 6.07) is 5.01. The highest BCUT2D eigenvalue weighted by molar-refractivity contribution is 5.88. The van der Waals surface area contributed by atoms with E-state index >= 15 is 0 Å². The summed E-state index contributed by atoms with van der Waals surface area (Å²) >= 11 is 0. The van der Waals surface area contributed by atoms with Crippen molar-refractivity contribution in [3.8, 4) is 17.4 Å². The molecule has 0 atom stereocenters. The second-order valence-electron chi connectivity index (χ2n) is 6.82. The van der Waals surface area contributed by atoms with Crippen LogP contribution in [0.5, 0.6) is 5.75 Å². The zero-order valence-electron chi connectivity index (χ0n) is 17.0. The number of nitrogens with one attached hydrogen (secondary N) is 1. The SMILES string of the molecule is CCc1cn(NC(=O)Oc2cnc(-c3ncccn3)nc2C)c2ccc(C(F)(F)F)cc12. The van der Waals surface area contributed by atoms with Crippen LogP contribution in [0.1, 0.15) is 23.7 Å². The molecule has 0 bridgehead atoms. The second kappa shape index (κ2) is 8.25. The topological polar surface area (TPSA) is 94.8 Å². The van der Waals surface area contributed by atoms with E-state index in [1.54, 1.807) is 31.6 Å². The first-order chi connectivity index (χ1) is 15.3. The molecular weight excluding hydrogens is 425 g/mol. The van der Waals surface area contributed by atoms with Gasteiger partial charge in [-0.2, -0.15) is 13.2 Å². The number of hydrogen-bond acceptors (Lipinski definition) is 6. The van der Waals surface area contributed by atoms with Gasteiger partial charge in [0, 0.05) is 24.0 Å². The zero-order valence-corrected chi connectivity index (χ0v) is 17.0. The third kappa shape index (κ3) is 4.22. The van der Waals surface area contributed by atoms with Crippen molar-refractivity contribution < 1.29 is 22.7 Å². The summed E-state index contributed by atoms with van der Waals surface area (Å²) in [5, 5.41) is 0.398. The van der Waals surface area contributed by atoms with Crippen molar-refractivity contribution in [1.29, 1.82) is 0 Å². The van der Waals surface area contributed by atoms with Gasteiger partial charge in [-0.3, -0.25) is 4.68 Å². The molecule has 4 rings (SSSR count). The normalized spacial score (nSPS) is 11.5. The first kappa shape index (κ1) is 21.2. The Balaban J connectivity index is 1.55. The highest BCUT2D eigenvalue weighted by Gasteiger charge is 2.31. The van der Waals surface area contributed by atoms with Gasteiger partial charge in [-0.25, -0.2) is 30.2 Å². The molecule has 1 aromatic carbocycles. The molecule has 0 saturated carbocycles. The van der Waals surface area contributed by atoms with Gasteiger partial charge in [0.25, 0.3) is 0 Å². The van der Waals surface area contributed by atoms with Gasteiger partial charge in [0.05, 0.1) is 23.0 Å². The van der Waals surface area contributed by atoms with Gasteiger partial charge in [-0.05, 0) is 43.2 Å². The highest BCUT2D eigenvalue weighted by Crippen LogP contribution is 2.33. The van der Waals surface area contributed by atoms with Crippen LogP contribution in [0, 0.1) is 6.92 Å². The maximum atomic E-state index is 13.1. The number of amides is 1. The number of fused-ring (bicyclic) bond motifs is 1. The van der Waals surface area contributed by atoms with Crippen LogP contribution in [0.15, 0.2) is 49.1 Å². The number of hydrogen-bond donors (Lipinski definition) is 1. The van der Waals surface area contributed by atoms with Gasteiger partial charge in [-0.15, -0.1) is 0 Å². The summed E-state index contributed by atoms with van der Waals surface area (Å²) in [5.41, 5.74) is 3.21. The van der Waals surface area contributed by atoms with Gasteiger partial charge in [0.2, 0.25) is 0 Å². The van der Waals surface area contributed by atoms with Gasteiger partial charge in [0.1, 0.15) is 0 Å². The molecule has 1 amide bonds. The van der Waals surface area contributed by atoms with E-state index in [0.717, 1.165) is 12.1 Å². The number of benzene rings is 1. The van der Waals surface area contributed by atoms with E-state index in [2.05, 4.69) is 25.4 Å². The van der Waals surface area contributed by atoms with E-state index in [9.17, 15) is 18.0 Å². The Labute approximate surface area is 180 Å². The minimum Gasteiger partial charge on any atom is -0.406 e. The molecular formula is C21H17F3N6O2. The molecule has 3 heterocycles. The first-order valence-corrected chi connectivity index (χ1v) is 9.57. The lowest BCUT2D eigenvalue weighted by molar-refractivity contribution is -0.137. The van der Waals surface area contributed by atoms with Crippen LogP contribution >= 0.6 is 0 Å². The smallest absolute Gasteiger partial charge is 0.406 e. The number of rotatable bonds is 4. The number of nitrogens with zero attached hydrogens (tertiary/aromatic N) is 5. The molecule has 0 unspecified atom stereocenters. The minimum absolute atomic E-state index is 0.119. The number of aryl methyl sites for hydroxylation is 2. The number of carbonyl (C=O) groups excluding carboxylic acids is 1. The minimum atomic E-state index is -4.46. The third-order valence-electron chi connectivity index (χ3n) is 4.71. The molecule has 11 heteroatoms. The zero-order chi connectivity index (χ0) is 22.9. The Hall–Kier alpha value is -4.02. The van der Waals surface area contributed by atoms with Crippen LogP contribution in [-0.2, 0) is 12.6 Å². The first-order valence-electron chi connectivity index (χ1n) is 9.57. The molecule has 0 aliphatic rings. The van der Waals surface area contributed by atoms with E-state index in [4.69, 9.17) is 4.74 Å². The molecule has 3 aromatic heterocycles. The van der Waals surface area contributed by atoms with Crippen molar-refractivity contribution in [2.45, 2.75) is 26.4 Å². The average molecular weight is 442 g/mol. The van der Waals surface area contributed by atoms with E-state index in [0.29, 0.717) is 34.4 Å². The van der Waals surface area contributed by atoms with Gasteiger partial charge in [-0.1, -0.05) is 6.92 Å². The highest BCUT2D eigenvalue weighted by atomic mass is 19.4. The fraction of sp³-hybridized carbons (Fsp3) is 0.190. The molecule has 0 saturated heterocycles. The predicted molar refractivity (Wildman–Crippen MR) is 109 cm³/mol. The average Bonchev–Trinajstić information content (AvgIpc) is 3.12. The fourth-order valence-electron chi connectivity index (χ4n) is 3.15. The van der Waals surface area contributed by atoms with Crippen molar-refractivity contribution in [2.24, 2.45) is 0 Å². The quantitative estimate of drug-likeness (QED) is 0.499. The fourth-order valence-corrected chi connectivity index (χ4v) is 3.15. The summed E-state index contributed by atoms with van der Waals surface area (Å²) in [6.07, 6.45) is 1.18. The van der Waals surface area contributed by atoms with Crippen molar-refractivity contribution >= 4 is 17.0 Å². The standard InChI is InChI=1S/C21H17F3N6O2/c1-3-13-11-30(16-6-5-14(9-15(13)16)21(22,23)24)29-20(31)32-17-10-27-19(28-12(17)2)18-25-7-4-8-26-18/h4-11H,3H2,1-2H3,(H,29,31). The Bertz CT molecular complexity index is 1290. The van der Waals surface area contributed by atoms with Crippen LogP contribution in [0.3, 0.4) is 0 Å². The predicted octanol–water partition coefficient (Wildman–Crippen LogP) is 4.52. The maximum absolute atomic E-state index is 13.1. The lowest BCUT2D eigenvalue weighted by Gasteiger charge is -2.11. The molecule has 0 spiro atoms. The van der Waals surface area contributed by atoms with Gasteiger partial charge >= 0.3 is 12.3 Å². The van der Waals surface area contributed by atoms with Crippen LogP contribution in [0.25, 0.3) is 22.6 Å². The molecule has 0 aliphatic heterocycles. The monoisotopic (exact) mass is 442 g/mol. The summed E-state index contributed by atoms with van der Waals surface area (Å²) in [4.78, 5) is 28.9. The Morgan fingerprint density at radius 1 is 1.16 bits per heavy atom. The number of carbonyl (C=O) groups is 1.